The van der Waals surface area contributed by atoms with Crippen LogP contribution in [0.15, 0.2) is 12.7 Å². The Labute approximate surface area is 118 Å². The minimum absolute atomic E-state index is 0.0141. The fourth-order valence-electron chi connectivity index (χ4n) is 2.39. The Kier molecular flexibility index (Phi) is 3.37. The van der Waals surface area contributed by atoms with Crippen LogP contribution in [0.1, 0.15) is 6.23 Å². The quantitative estimate of drug-likeness (QED) is 0.370. The summed E-state index contributed by atoms with van der Waals surface area (Å²) in [6.45, 7) is 0.146. The summed E-state index contributed by atoms with van der Waals surface area (Å²) < 4.78 is 12.6. The molecule has 2 aromatic rings. The van der Waals surface area contributed by atoms with Crippen LogP contribution in [-0.4, -0.2) is 62.0 Å². The molecule has 5 N–H and O–H groups in total. The van der Waals surface area contributed by atoms with Crippen molar-refractivity contribution in [2.75, 3.05) is 19.5 Å². The number of fused-ring (bicyclic) bond motifs is 1. The number of nitrogen functional groups attached to an aromatic ring is 1. The van der Waals surface area contributed by atoms with Gasteiger partial charge >= 0.3 is 0 Å². The molecular formula is C11H16N5O5+. The van der Waals surface area contributed by atoms with Gasteiger partial charge in [-0.05, 0) is 0 Å². The monoisotopic (exact) mass is 298 g/mol. The molecule has 10 nitrogen and oxygen atoms in total. The minimum Gasteiger partial charge on any atom is -0.387 e. The van der Waals surface area contributed by atoms with E-state index in [-0.39, 0.29) is 17.9 Å². The highest BCUT2D eigenvalue weighted by molar-refractivity contribution is 5.79. The zero-order valence-electron chi connectivity index (χ0n) is 11.2. The van der Waals surface area contributed by atoms with Gasteiger partial charge in [-0.3, -0.25) is 4.57 Å². The van der Waals surface area contributed by atoms with E-state index in [1.807, 2.05) is 0 Å². The first kappa shape index (κ1) is 13.9. The van der Waals surface area contributed by atoms with Gasteiger partial charge in [-0.2, -0.15) is 0 Å². The van der Waals surface area contributed by atoms with Crippen molar-refractivity contribution in [3.8, 4) is 0 Å². The summed E-state index contributed by atoms with van der Waals surface area (Å²) in [4.78, 5) is 8.05. The fourth-order valence-corrected chi connectivity index (χ4v) is 2.39. The molecular weight excluding hydrogens is 282 g/mol. The SMILES string of the molecule is COCC1OC(n2cnc3c(N)[n+](O)cnc32)C(O)C1O. The third-order valence-electron chi connectivity index (χ3n) is 3.49. The first-order chi connectivity index (χ1) is 10.0. The highest BCUT2D eigenvalue weighted by Crippen LogP contribution is 2.31. The maximum absolute atomic E-state index is 10.1. The average molecular weight is 298 g/mol. The number of hydrogen-bond acceptors (Lipinski definition) is 8. The second kappa shape index (κ2) is 5.07. The predicted octanol–water partition coefficient (Wildman–Crippen LogP) is -2.20. The summed E-state index contributed by atoms with van der Waals surface area (Å²) in [5.41, 5.74) is 6.28. The van der Waals surface area contributed by atoms with Crippen LogP contribution in [0.3, 0.4) is 0 Å². The normalized spacial score (nSPS) is 29.3. The van der Waals surface area contributed by atoms with E-state index in [4.69, 9.17) is 15.2 Å². The molecule has 0 radical (unpaired) electrons. The molecule has 4 unspecified atom stereocenters. The van der Waals surface area contributed by atoms with Gasteiger partial charge in [0.1, 0.15) is 24.6 Å². The van der Waals surface area contributed by atoms with Crippen molar-refractivity contribution in [1.82, 2.24) is 14.5 Å². The summed E-state index contributed by atoms with van der Waals surface area (Å²) in [5.74, 6) is 0.0141. The molecule has 0 aliphatic carbocycles. The standard InChI is InChI=1S/C11H15N5O5/c1-20-2-5-7(17)8(18)11(21-5)15-3-13-6-9(12)16(19)4-14-10(6)15/h3-5,7-8,11-12,17-19H,2H2,1H3/p+1. The van der Waals surface area contributed by atoms with Gasteiger partial charge in [0.25, 0.3) is 12.1 Å². The maximum atomic E-state index is 10.1. The zero-order chi connectivity index (χ0) is 15.1. The summed E-state index contributed by atoms with van der Waals surface area (Å²) in [6, 6.07) is 0. The number of ether oxygens (including phenoxy) is 2. The number of methoxy groups -OCH3 is 1. The van der Waals surface area contributed by atoms with Crippen molar-refractivity contribution in [2.24, 2.45) is 0 Å². The molecule has 1 saturated heterocycles. The third-order valence-corrected chi connectivity index (χ3v) is 3.49. The molecule has 1 aliphatic heterocycles. The lowest BCUT2D eigenvalue weighted by molar-refractivity contribution is -0.894. The number of rotatable bonds is 3. The molecule has 0 amide bonds. The van der Waals surface area contributed by atoms with Crippen LogP contribution in [0, 0.1) is 0 Å². The molecule has 0 saturated carbocycles. The molecule has 3 rings (SSSR count). The molecule has 1 fully saturated rings. The Hall–Kier alpha value is -2.01. The maximum Gasteiger partial charge on any atom is 0.289 e. The van der Waals surface area contributed by atoms with Gasteiger partial charge < -0.3 is 30.6 Å². The van der Waals surface area contributed by atoms with Crippen molar-refractivity contribution < 1.29 is 29.6 Å². The Morgan fingerprint density at radius 2 is 2.19 bits per heavy atom. The lowest BCUT2D eigenvalue weighted by Gasteiger charge is -2.15. The van der Waals surface area contributed by atoms with Crippen molar-refractivity contribution in [3.05, 3.63) is 12.7 Å². The minimum atomic E-state index is -1.16. The lowest BCUT2D eigenvalue weighted by Crippen LogP contribution is -2.35. The third kappa shape index (κ3) is 2.08. The topological polar surface area (TPSA) is 140 Å². The summed E-state index contributed by atoms with van der Waals surface area (Å²) in [7, 11) is 1.48. The molecule has 10 heteroatoms. The second-order valence-electron chi connectivity index (χ2n) is 4.80. The smallest absolute Gasteiger partial charge is 0.289 e. The summed E-state index contributed by atoms with van der Waals surface area (Å²) in [6.07, 6.45) is -1.28. The highest BCUT2D eigenvalue weighted by atomic mass is 16.6. The van der Waals surface area contributed by atoms with Gasteiger partial charge in [0.05, 0.1) is 6.61 Å². The van der Waals surface area contributed by atoms with E-state index < -0.39 is 24.5 Å². The van der Waals surface area contributed by atoms with Crippen molar-refractivity contribution in [1.29, 1.82) is 0 Å². The predicted molar refractivity (Wildman–Crippen MR) is 67.1 cm³/mol. The van der Waals surface area contributed by atoms with E-state index in [0.29, 0.717) is 10.4 Å². The number of aliphatic hydroxyl groups excluding tert-OH is 2. The first-order valence-electron chi connectivity index (χ1n) is 6.27. The summed E-state index contributed by atoms with van der Waals surface area (Å²) >= 11 is 0. The second-order valence-corrected chi connectivity index (χ2v) is 4.80. The van der Waals surface area contributed by atoms with Crippen LogP contribution in [0.2, 0.25) is 0 Å². The Morgan fingerprint density at radius 3 is 2.90 bits per heavy atom. The molecule has 114 valence electrons. The van der Waals surface area contributed by atoms with E-state index in [9.17, 15) is 15.4 Å². The highest BCUT2D eigenvalue weighted by Gasteiger charge is 2.44. The van der Waals surface area contributed by atoms with E-state index in [2.05, 4.69) is 9.97 Å². The largest absolute Gasteiger partial charge is 0.387 e. The zero-order valence-corrected chi connectivity index (χ0v) is 11.2. The molecule has 1 aliphatic rings. The van der Waals surface area contributed by atoms with E-state index in [1.165, 1.54) is 18.0 Å². The number of imidazole rings is 1. The fraction of sp³-hybridized carbons (Fsp3) is 0.545. The van der Waals surface area contributed by atoms with Crippen molar-refractivity contribution in [3.63, 3.8) is 0 Å². The molecule has 0 spiro atoms. The lowest BCUT2D eigenvalue weighted by atomic mass is 10.1. The van der Waals surface area contributed by atoms with E-state index in [0.717, 1.165) is 6.33 Å². The van der Waals surface area contributed by atoms with Crippen molar-refractivity contribution >= 4 is 17.0 Å². The van der Waals surface area contributed by atoms with Gasteiger partial charge in [0.2, 0.25) is 11.2 Å². The van der Waals surface area contributed by atoms with Gasteiger partial charge in [-0.25, -0.2) is 4.98 Å². The number of aromatic nitrogens is 4. The van der Waals surface area contributed by atoms with Crippen LogP contribution in [-0.2, 0) is 9.47 Å². The number of hydrogen-bond donors (Lipinski definition) is 4. The van der Waals surface area contributed by atoms with Gasteiger partial charge in [0.15, 0.2) is 6.23 Å². The Balaban J connectivity index is 2.00. The molecule has 21 heavy (non-hydrogen) atoms. The van der Waals surface area contributed by atoms with Crippen LogP contribution >= 0.6 is 0 Å². The molecule has 0 aromatic carbocycles. The molecule has 3 heterocycles. The van der Waals surface area contributed by atoms with Crippen LogP contribution in [0.4, 0.5) is 5.82 Å². The first-order valence-corrected chi connectivity index (χ1v) is 6.27. The van der Waals surface area contributed by atoms with Gasteiger partial charge in [-0.15, -0.1) is 0 Å². The van der Waals surface area contributed by atoms with Crippen molar-refractivity contribution in [2.45, 2.75) is 24.5 Å². The molecule has 2 aromatic heterocycles. The molecule has 0 bridgehead atoms. The number of anilines is 1. The molecule has 4 atom stereocenters. The number of aliphatic hydroxyl groups is 2. The van der Waals surface area contributed by atoms with Crippen LogP contribution < -0.4 is 10.5 Å². The van der Waals surface area contributed by atoms with Gasteiger partial charge in [-0.1, -0.05) is 9.71 Å². The van der Waals surface area contributed by atoms with Crippen LogP contribution in [0.5, 0.6) is 0 Å². The van der Waals surface area contributed by atoms with E-state index in [1.54, 1.807) is 0 Å². The Bertz CT molecular complexity index is 662. The number of nitrogens with two attached hydrogens (primary N) is 1. The van der Waals surface area contributed by atoms with E-state index >= 15 is 0 Å². The van der Waals surface area contributed by atoms with Crippen LogP contribution in [0.25, 0.3) is 11.2 Å². The number of nitrogens with zero attached hydrogens (tertiary/aromatic N) is 4. The Morgan fingerprint density at radius 1 is 1.43 bits per heavy atom. The average Bonchev–Trinajstić information content (AvgIpc) is 3.00. The van der Waals surface area contributed by atoms with Gasteiger partial charge in [0, 0.05) is 7.11 Å². The summed E-state index contributed by atoms with van der Waals surface area (Å²) in [5, 5.41) is 29.5.